The van der Waals surface area contributed by atoms with Crippen LogP contribution in [0, 0.1) is 6.92 Å². The van der Waals surface area contributed by atoms with Crippen LogP contribution in [-0.2, 0) is 6.54 Å². The maximum absolute atomic E-state index is 12.5. The van der Waals surface area contributed by atoms with E-state index in [1.54, 1.807) is 0 Å². The molecule has 0 aliphatic rings. The summed E-state index contributed by atoms with van der Waals surface area (Å²) in [4.78, 5) is 17.6. The molecule has 5 heteroatoms. The Labute approximate surface area is 141 Å². The van der Waals surface area contributed by atoms with Gasteiger partial charge in [-0.1, -0.05) is 45.5 Å². The monoisotopic (exact) mass is 374 g/mol. The van der Waals surface area contributed by atoms with Crippen LogP contribution in [0.2, 0.25) is 0 Å². The fraction of sp³-hybridized carbons (Fsp3) is 0.176. The molecule has 0 atom stereocenters. The molecule has 0 saturated carbocycles. The number of aromatic nitrogens is 1. The number of nitrogens with zero attached hydrogens (tertiary/aromatic N) is 2. The molecule has 112 valence electrons. The van der Waals surface area contributed by atoms with E-state index >= 15 is 0 Å². The Hall–Kier alpha value is -1.72. The zero-order valence-corrected chi connectivity index (χ0v) is 14.7. The van der Waals surface area contributed by atoms with Gasteiger partial charge in [0.2, 0.25) is 0 Å². The lowest BCUT2D eigenvalue weighted by Crippen LogP contribution is -2.16. The molecule has 0 spiro atoms. The molecule has 1 aromatic heterocycles. The molecule has 0 aliphatic heterocycles. The second-order valence-corrected chi connectivity index (χ2v) is 6.90. The lowest BCUT2D eigenvalue weighted by Gasteiger charge is -2.01. The van der Waals surface area contributed by atoms with Gasteiger partial charge in [-0.15, -0.1) is 0 Å². The summed E-state index contributed by atoms with van der Waals surface area (Å²) >= 11 is 5.02. The molecule has 0 bridgehead atoms. The van der Waals surface area contributed by atoms with Crippen molar-refractivity contribution in [2.45, 2.75) is 20.4 Å². The van der Waals surface area contributed by atoms with Gasteiger partial charge in [-0.05, 0) is 43.7 Å². The molecule has 22 heavy (non-hydrogen) atoms. The molecule has 0 N–H and O–H groups in total. The topological polar surface area (TPSA) is 34.4 Å². The first-order valence-electron chi connectivity index (χ1n) is 7.03. The first kappa shape index (κ1) is 15.2. The molecule has 3 aromatic rings. The summed E-state index contributed by atoms with van der Waals surface area (Å²) in [6, 6.07) is 13.7. The van der Waals surface area contributed by atoms with E-state index in [0.717, 1.165) is 31.6 Å². The van der Waals surface area contributed by atoms with Crippen molar-refractivity contribution >= 4 is 43.4 Å². The lowest BCUT2D eigenvalue weighted by atomic mass is 10.1. The van der Waals surface area contributed by atoms with E-state index in [0.29, 0.717) is 5.56 Å². The number of fused-ring (bicyclic) bond motifs is 1. The molecule has 3 rings (SSSR count). The zero-order chi connectivity index (χ0) is 15.7. The van der Waals surface area contributed by atoms with Crippen molar-refractivity contribution < 1.29 is 4.79 Å². The molecule has 1 amide bonds. The summed E-state index contributed by atoms with van der Waals surface area (Å²) in [5, 5.41) is 0. The van der Waals surface area contributed by atoms with Crippen molar-refractivity contribution in [1.82, 2.24) is 4.57 Å². The third kappa shape index (κ3) is 2.78. The molecule has 0 saturated heterocycles. The number of rotatable bonds is 2. The van der Waals surface area contributed by atoms with Crippen LogP contribution in [0.15, 0.2) is 51.9 Å². The van der Waals surface area contributed by atoms with Crippen LogP contribution in [0.1, 0.15) is 22.8 Å². The highest BCUT2D eigenvalue weighted by Gasteiger charge is 2.10. The Bertz CT molecular complexity index is 924. The van der Waals surface area contributed by atoms with Gasteiger partial charge in [0.25, 0.3) is 5.91 Å². The average Bonchev–Trinajstić information content (AvgIpc) is 2.83. The molecule has 0 aliphatic carbocycles. The number of aryl methyl sites for hydroxylation is 2. The van der Waals surface area contributed by atoms with Crippen molar-refractivity contribution in [2.24, 2.45) is 4.99 Å². The van der Waals surface area contributed by atoms with E-state index in [-0.39, 0.29) is 5.91 Å². The highest BCUT2D eigenvalue weighted by Crippen LogP contribution is 2.22. The molecule has 1 heterocycles. The van der Waals surface area contributed by atoms with Gasteiger partial charge in [0.15, 0.2) is 4.80 Å². The minimum atomic E-state index is -0.189. The maximum atomic E-state index is 12.5. The second kappa shape index (κ2) is 6.18. The van der Waals surface area contributed by atoms with Crippen LogP contribution >= 0.6 is 27.3 Å². The molecular weight excluding hydrogens is 360 g/mol. The third-order valence-electron chi connectivity index (χ3n) is 3.53. The minimum absolute atomic E-state index is 0.189. The number of amides is 1. The Morgan fingerprint density at radius 3 is 2.77 bits per heavy atom. The summed E-state index contributed by atoms with van der Waals surface area (Å²) < 4.78 is 4.22. The van der Waals surface area contributed by atoms with Crippen LogP contribution in [-0.4, -0.2) is 10.5 Å². The first-order chi connectivity index (χ1) is 10.6. The summed E-state index contributed by atoms with van der Waals surface area (Å²) in [5.41, 5.74) is 2.71. The molecule has 3 nitrogen and oxygen atoms in total. The lowest BCUT2D eigenvalue weighted by molar-refractivity contribution is 0.0997. The van der Waals surface area contributed by atoms with Crippen LogP contribution < -0.4 is 4.80 Å². The summed E-state index contributed by atoms with van der Waals surface area (Å²) in [5.74, 6) is -0.189. The van der Waals surface area contributed by atoms with Gasteiger partial charge in [0, 0.05) is 16.6 Å². The standard InChI is InChI=1S/C17H15BrN2OS/c1-3-20-14-9-8-12(18)10-15(14)22-17(20)19-16(21)13-7-5-4-6-11(13)2/h4-10H,3H2,1-2H3. The highest BCUT2D eigenvalue weighted by atomic mass is 79.9. The minimum Gasteiger partial charge on any atom is -0.317 e. The molecular formula is C17H15BrN2OS. The zero-order valence-electron chi connectivity index (χ0n) is 12.3. The fourth-order valence-electron chi connectivity index (χ4n) is 2.40. The van der Waals surface area contributed by atoms with E-state index in [2.05, 4.69) is 44.5 Å². The van der Waals surface area contributed by atoms with E-state index in [1.807, 2.05) is 37.3 Å². The summed E-state index contributed by atoms with van der Waals surface area (Å²) in [6.45, 7) is 4.77. The Balaban J connectivity index is 2.17. The number of carbonyl (C=O) groups is 1. The normalized spacial score (nSPS) is 12.0. The van der Waals surface area contributed by atoms with Crippen molar-refractivity contribution in [3.63, 3.8) is 0 Å². The smallest absolute Gasteiger partial charge is 0.279 e. The van der Waals surface area contributed by atoms with Gasteiger partial charge in [-0.3, -0.25) is 4.79 Å². The predicted octanol–water partition coefficient (Wildman–Crippen LogP) is 4.53. The molecule has 2 aromatic carbocycles. The van der Waals surface area contributed by atoms with E-state index < -0.39 is 0 Å². The first-order valence-corrected chi connectivity index (χ1v) is 8.64. The Kier molecular flexibility index (Phi) is 4.27. The third-order valence-corrected chi connectivity index (χ3v) is 5.07. The van der Waals surface area contributed by atoms with E-state index in [1.165, 1.54) is 11.3 Å². The molecule has 0 unspecified atom stereocenters. The van der Waals surface area contributed by atoms with Crippen molar-refractivity contribution in [1.29, 1.82) is 0 Å². The van der Waals surface area contributed by atoms with Gasteiger partial charge in [-0.2, -0.15) is 4.99 Å². The van der Waals surface area contributed by atoms with Gasteiger partial charge in [-0.25, -0.2) is 0 Å². The maximum Gasteiger partial charge on any atom is 0.279 e. The molecule has 0 fully saturated rings. The predicted molar refractivity (Wildman–Crippen MR) is 94.3 cm³/mol. The number of benzene rings is 2. The van der Waals surface area contributed by atoms with Gasteiger partial charge in [0.05, 0.1) is 10.2 Å². The number of halogens is 1. The van der Waals surface area contributed by atoms with Gasteiger partial charge < -0.3 is 4.57 Å². The average molecular weight is 375 g/mol. The summed E-state index contributed by atoms with van der Waals surface area (Å²) in [6.07, 6.45) is 0. The Morgan fingerprint density at radius 2 is 2.05 bits per heavy atom. The van der Waals surface area contributed by atoms with Crippen LogP contribution in [0.4, 0.5) is 0 Å². The molecule has 0 radical (unpaired) electrons. The van der Waals surface area contributed by atoms with Crippen molar-refractivity contribution in [3.05, 3.63) is 62.9 Å². The van der Waals surface area contributed by atoms with Gasteiger partial charge in [0.1, 0.15) is 0 Å². The number of thiazole rings is 1. The largest absolute Gasteiger partial charge is 0.317 e. The van der Waals surface area contributed by atoms with Crippen LogP contribution in [0.5, 0.6) is 0 Å². The quantitative estimate of drug-likeness (QED) is 0.648. The van der Waals surface area contributed by atoms with Crippen molar-refractivity contribution in [3.8, 4) is 0 Å². The highest BCUT2D eigenvalue weighted by molar-refractivity contribution is 9.10. The van der Waals surface area contributed by atoms with E-state index in [9.17, 15) is 4.79 Å². The van der Waals surface area contributed by atoms with E-state index in [4.69, 9.17) is 0 Å². The number of hydrogen-bond donors (Lipinski definition) is 0. The van der Waals surface area contributed by atoms with Crippen molar-refractivity contribution in [2.75, 3.05) is 0 Å². The Morgan fingerprint density at radius 1 is 1.27 bits per heavy atom. The van der Waals surface area contributed by atoms with Crippen LogP contribution in [0.3, 0.4) is 0 Å². The fourth-order valence-corrected chi connectivity index (χ4v) is 4.04. The number of carbonyl (C=O) groups excluding carboxylic acids is 1. The van der Waals surface area contributed by atoms with Crippen LogP contribution in [0.25, 0.3) is 10.2 Å². The van der Waals surface area contributed by atoms with Gasteiger partial charge >= 0.3 is 0 Å². The second-order valence-electron chi connectivity index (χ2n) is 4.97. The summed E-state index contributed by atoms with van der Waals surface area (Å²) in [7, 11) is 0. The number of hydrogen-bond acceptors (Lipinski definition) is 2. The SMILES string of the molecule is CCn1c(=NC(=O)c2ccccc2C)sc2cc(Br)ccc21.